The van der Waals surface area contributed by atoms with Crippen molar-refractivity contribution in [1.29, 1.82) is 0 Å². The highest BCUT2D eigenvalue weighted by Crippen LogP contribution is 2.37. The van der Waals surface area contributed by atoms with Crippen molar-refractivity contribution in [2.45, 2.75) is 58.0 Å². The lowest BCUT2D eigenvalue weighted by Crippen LogP contribution is -3.00. The zero-order valence-electron chi connectivity index (χ0n) is 19.6. The first-order valence-electron chi connectivity index (χ1n) is 11.8. The van der Waals surface area contributed by atoms with Crippen LogP contribution < -0.4 is 17.0 Å². The molecule has 1 unspecified atom stereocenters. The Bertz CT molecular complexity index is 992. The first kappa shape index (κ1) is 25.2. The molecule has 176 valence electrons. The highest BCUT2D eigenvalue weighted by Gasteiger charge is 2.45. The summed E-state index contributed by atoms with van der Waals surface area (Å²) in [5, 5.41) is 11.1. The Kier molecular flexibility index (Phi) is 8.46. The molecule has 1 fully saturated rings. The summed E-state index contributed by atoms with van der Waals surface area (Å²) in [6, 6.07) is 17.7. The minimum atomic E-state index is -0.326. The lowest BCUT2D eigenvalue weighted by molar-refractivity contribution is -0.621. The first-order valence-corrected chi connectivity index (χ1v) is 11.8. The van der Waals surface area contributed by atoms with E-state index in [-0.39, 0.29) is 33.1 Å². The number of benzene rings is 2. The van der Waals surface area contributed by atoms with Crippen molar-refractivity contribution in [1.82, 2.24) is 4.90 Å². The van der Waals surface area contributed by atoms with E-state index in [1.807, 2.05) is 12.1 Å². The van der Waals surface area contributed by atoms with E-state index in [4.69, 9.17) is 0 Å². The van der Waals surface area contributed by atoms with Crippen molar-refractivity contribution in [3.63, 3.8) is 0 Å². The summed E-state index contributed by atoms with van der Waals surface area (Å²) >= 11 is 0. The molecule has 5 nitrogen and oxygen atoms in total. The third kappa shape index (κ3) is 5.91. The fourth-order valence-electron chi connectivity index (χ4n) is 5.07. The monoisotopic (exact) mass is 511 g/mol. The van der Waals surface area contributed by atoms with E-state index in [1.165, 1.54) is 36.9 Å². The van der Waals surface area contributed by atoms with Crippen LogP contribution in [-0.4, -0.2) is 39.2 Å². The molecule has 2 heterocycles. The van der Waals surface area contributed by atoms with Gasteiger partial charge < -0.3 is 21.9 Å². The molecule has 2 aliphatic heterocycles. The van der Waals surface area contributed by atoms with Crippen molar-refractivity contribution >= 4 is 11.9 Å². The van der Waals surface area contributed by atoms with Gasteiger partial charge in [-0.1, -0.05) is 55.3 Å². The summed E-state index contributed by atoms with van der Waals surface area (Å²) in [6.45, 7) is 7.78. The number of hydrogen-bond acceptors (Lipinski definition) is 3. The predicted molar refractivity (Wildman–Crippen MR) is 129 cm³/mol. The normalized spacial score (nSPS) is 20.2. The fraction of sp³-hybridized carbons (Fsp3) is 0.444. The van der Waals surface area contributed by atoms with Gasteiger partial charge in [0.2, 0.25) is 0 Å². The van der Waals surface area contributed by atoms with E-state index >= 15 is 0 Å². The molecule has 2 aromatic carbocycles. The van der Waals surface area contributed by atoms with Crippen LogP contribution in [0.15, 0.2) is 66.4 Å². The van der Waals surface area contributed by atoms with Crippen LogP contribution >= 0.6 is 0 Å². The molecule has 0 saturated carbocycles. The van der Waals surface area contributed by atoms with Crippen LogP contribution in [0.1, 0.15) is 50.7 Å². The summed E-state index contributed by atoms with van der Waals surface area (Å²) in [7, 11) is 0. The SMILES string of the molecule is CC1(C)C(Cc2ccc([N+](=O)[O-])cc2)C(N2CCCCCC2)=CC=[N+]1Cc1ccccc1.[Br-]. The molecule has 0 N–H and O–H groups in total. The molecule has 1 saturated heterocycles. The van der Waals surface area contributed by atoms with E-state index in [9.17, 15) is 10.1 Å². The van der Waals surface area contributed by atoms with Gasteiger partial charge in [-0.2, -0.15) is 0 Å². The van der Waals surface area contributed by atoms with E-state index in [0.717, 1.165) is 31.6 Å². The Hall–Kier alpha value is -2.47. The third-order valence-corrected chi connectivity index (χ3v) is 7.13. The average Bonchev–Trinajstić information content (AvgIpc) is 3.07. The number of likely N-dealkylation sites (tertiary alicyclic amines) is 1. The largest absolute Gasteiger partial charge is 1.00 e. The molecule has 0 radical (unpaired) electrons. The molecule has 0 aromatic heterocycles. The van der Waals surface area contributed by atoms with E-state index in [1.54, 1.807) is 12.1 Å². The maximum absolute atomic E-state index is 11.1. The molecular weight excluding hydrogens is 478 g/mol. The van der Waals surface area contributed by atoms with Crippen LogP contribution in [0, 0.1) is 16.0 Å². The quantitative estimate of drug-likeness (QED) is 0.340. The van der Waals surface area contributed by atoms with Crippen LogP contribution in [0.3, 0.4) is 0 Å². The Balaban J connectivity index is 0.00000306. The van der Waals surface area contributed by atoms with Crippen LogP contribution in [0.4, 0.5) is 5.69 Å². The van der Waals surface area contributed by atoms with Gasteiger partial charge in [0, 0.05) is 56.4 Å². The third-order valence-electron chi connectivity index (χ3n) is 7.13. The lowest BCUT2D eigenvalue weighted by atomic mass is 9.77. The molecule has 4 rings (SSSR count). The van der Waals surface area contributed by atoms with Gasteiger partial charge in [0.15, 0.2) is 18.3 Å². The van der Waals surface area contributed by atoms with Gasteiger partial charge >= 0.3 is 0 Å². The highest BCUT2D eigenvalue weighted by molar-refractivity contribution is 5.69. The van der Waals surface area contributed by atoms with Crippen molar-refractivity contribution in [3.05, 3.63) is 87.6 Å². The second-order valence-electron chi connectivity index (χ2n) is 9.59. The highest BCUT2D eigenvalue weighted by atomic mass is 79.9. The van der Waals surface area contributed by atoms with Gasteiger partial charge in [-0.15, -0.1) is 0 Å². The first-order chi connectivity index (χ1) is 15.4. The molecule has 2 aliphatic rings. The van der Waals surface area contributed by atoms with Gasteiger partial charge in [-0.05, 0) is 24.8 Å². The fourth-order valence-corrected chi connectivity index (χ4v) is 5.07. The van der Waals surface area contributed by atoms with Crippen molar-refractivity contribution in [2.24, 2.45) is 5.92 Å². The number of nitrogens with zero attached hydrogens (tertiary/aromatic N) is 3. The molecule has 1 atom stereocenters. The smallest absolute Gasteiger partial charge is 0.269 e. The van der Waals surface area contributed by atoms with Crippen LogP contribution in [0.2, 0.25) is 0 Å². The minimum Gasteiger partial charge on any atom is -1.00 e. The second kappa shape index (κ2) is 11.1. The molecule has 6 heteroatoms. The van der Waals surface area contributed by atoms with Crippen LogP contribution in [-0.2, 0) is 13.0 Å². The summed E-state index contributed by atoms with van der Waals surface area (Å²) in [5.41, 5.74) is 3.93. The van der Waals surface area contributed by atoms with Gasteiger partial charge in [0.05, 0.1) is 10.8 Å². The van der Waals surface area contributed by atoms with E-state index in [2.05, 4.69) is 65.9 Å². The molecule has 0 spiro atoms. The molecule has 0 amide bonds. The topological polar surface area (TPSA) is 49.4 Å². The van der Waals surface area contributed by atoms with E-state index in [0.29, 0.717) is 5.92 Å². The van der Waals surface area contributed by atoms with Crippen molar-refractivity contribution < 1.29 is 26.5 Å². The van der Waals surface area contributed by atoms with Crippen molar-refractivity contribution in [3.8, 4) is 0 Å². The van der Waals surface area contributed by atoms with Crippen LogP contribution in [0.5, 0.6) is 0 Å². The van der Waals surface area contributed by atoms with E-state index < -0.39 is 0 Å². The second-order valence-corrected chi connectivity index (χ2v) is 9.59. The Labute approximate surface area is 207 Å². The summed E-state index contributed by atoms with van der Waals surface area (Å²) < 4.78 is 2.46. The van der Waals surface area contributed by atoms with Gasteiger partial charge in [-0.25, -0.2) is 4.58 Å². The number of hydrogen-bond donors (Lipinski definition) is 0. The summed E-state index contributed by atoms with van der Waals surface area (Å²) in [4.78, 5) is 13.4. The number of rotatable bonds is 6. The standard InChI is InChI=1S/C27H34N3O2.BrH/c1-27(2)25(20-22-12-14-24(15-13-22)30(31)32)26(28-17-8-3-4-9-18-28)16-19-29(27)21-23-10-6-5-7-11-23;/h5-7,10-16,19,25H,3-4,8-9,17-18,20-21H2,1-2H3;1H/q+1;/p-1. The lowest BCUT2D eigenvalue weighted by Gasteiger charge is -2.40. The summed E-state index contributed by atoms with van der Waals surface area (Å²) in [6.07, 6.45) is 10.6. The molecular formula is C27H34BrN3O2. The van der Waals surface area contributed by atoms with Crippen LogP contribution in [0.25, 0.3) is 0 Å². The Morgan fingerprint density at radius 2 is 1.61 bits per heavy atom. The number of halogens is 1. The maximum atomic E-state index is 11.1. The number of non-ortho nitro benzene ring substituents is 1. The Morgan fingerprint density at radius 3 is 2.21 bits per heavy atom. The average molecular weight is 512 g/mol. The zero-order chi connectivity index (χ0) is 22.6. The maximum Gasteiger partial charge on any atom is 0.269 e. The molecule has 0 bridgehead atoms. The van der Waals surface area contributed by atoms with Gasteiger partial charge in [-0.3, -0.25) is 10.1 Å². The predicted octanol–water partition coefficient (Wildman–Crippen LogP) is 2.59. The van der Waals surface area contributed by atoms with Gasteiger partial charge in [0.1, 0.15) is 0 Å². The molecule has 0 aliphatic carbocycles. The summed E-state index contributed by atoms with van der Waals surface area (Å²) in [5.74, 6) is 0.302. The number of nitro groups is 1. The van der Waals surface area contributed by atoms with Crippen molar-refractivity contribution in [2.75, 3.05) is 13.1 Å². The minimum absolute atomic E-state index is 0. The Morgan fingerprint density at radius 1 is 0.970 bits per heavy atom. The zero-order valence-corrected chi connectivity index (χ0v) is 21.2. The number of allylic oxidation sites excluding steroid dienone is 1. The van der Waals surface area contributed by atoms with Gasteiger partial charge in [0.25, 0.3) is 5.69 Å². The molecule has 33 heavy (non-hydrogen) atoms. The molecule has 2 aromatic rings. The number of nitro benzene ring substituents is 1.